The first-order valence-corrected chi connectivity index (χ1v) is 8.52. The zero-order valence-corrected chi connectivity index (χ0v) is 13.3. The van der Waals surface area contributed by atoms with Crippen LogP contribution in [0.25, 0.3) is 0 Å². The highest BCUT2D eigenvalue weighted by molar-refractivity contribution is 7.91. The second kappa shape index (κ2) is 7.41. The molecule has 7 heteroatoms. The smallest absolute Gasteiger partial charge is 0.341 e. The van der Waals surface area contributed by atoms with E-state index in [1.807, 2.05) is 18.2 Å². The van der Waals surface area contributed by atoms with Gasteiger partial charge < -0.3 is 10.1 Å². The summed E-state index contributed by atoms with van der Waals surface area (Å²) in [7, 11) is -4.65. The Morgan fingerprint density at radius 2 is 1.65 bits per heavy atom. The highest BCUT2D eigenvalue weighted by Gasteiger charge is 2.29. The van der Waals surface area contributed by atoms with Crippen molar-refractivity contribution in [1.82, 2.24) is 0 Å². The zero-order valence-electron chi connectivity index (χ0n) is 12.4. The molecule has 0 amide bonds. The molecule has 2 aromatic rings. The third-order valence-electron chi connectivity index (χ3n) is 3.09. The average Bonchev–Trinajstić information content (AvgIpc) is 2.54. The molecule has 0 aliphatic rings. The summed E-state index contributed by atoms with van der Waals surface area (Å²) in [6.07, 6.45) is -0.278. The van der Waals surface area contributed by atoms with Gasteiger partial charge in [0.15, 0.2) is 0 Å². The van der Waals surface area contributed by atoms with Crippen molar-refractivity contribution in [1.29, 1.82) is 0 Å². The Balaban J connectivity index is 2.07. The van der Waals surface area contributed by atoms with Gasteiger partial charge in [-0.25, -0.2) is 8.42 Å². The monoisotopic (exact) mass is 341 g/mol. The van der Waals surface area contributed by atoms with Crippen molar-refractivity contribution in [2.45, 2.75) is 23.7 Å². The largest absolute Gasteiger partial charge is 0.489 e. The second-order valence-corrected chi connectivity index (χ2v) is 6.81. The summed E-state index contributed by atoms with van der Waals surface area (Å²) in [6, 6.07) is 14.7. The van der Waals surface area contributed by atoms with Crippen molar-refractivity contribution in [2.24, 2.45) is 0 Å². The van der Waals surface area contributed by atoms with Crippen LogP contribution in [0.5, 0.6) is 5.75 Å². The number of sulfone groups is 1. The van der Waals surface area contributed by atoms with E-state index in [9.17, 15) is 17.2 Å². The number of rotatable bonds is 7. The van der Waals surface area contributed by atoms with Gasteiger partial charge in [0.1, 0.15) is 11.9 Å². The lowest BCUT2D eigenvalue weighted by atomic mass is 10.3. The lowest BCUT2D eigenvalue weighted by molar-refractivity contribution is 0.234. The Labute approximate surface area is 134 Å². The number of hydrogen-bond donors (Lipinski definition) is 1. The van der Waals surface area contributed by atoms with Gasteiger partial charge in [-0.2, -0.15) is 8.78 Å². The van der Waals surface area contributed by atoms with E-state index in [-0.39, 0.29) is 18.3 Å². The van der Waals surface area contributed by atoms with Crippen LogP contribution in [0.2, 0.25) is 0 Å². The maximum absolute atomic E-state index is 12.7. The SMILES string of the molecule is CC(CNc1ccccc1S(=O)(=O)C(F)F)Oc1ccccc1. The average molecular weight is 341 g/mol. The standard InChI is InChI=1S/C16H17F2NO3S/c1-12(22-13-7-3-2-4-8-13)11-19-14-9-5-6-10-15(14)23(20,21)16(17)18/h2-10,12,16,19H,11H2,1H3. The van der Waals surface area contributed by atoms with E-state index in [2.05, 4.69) is 5.32 Å². The molecule has 0 radical (unpaired) electrons. The van der Waals surface area contributed by atoms with Gasteiger partial charge in [0.2, 0.25) is 9.84 Å². The van der Waals surface area contributed by atoms with Gasteiger partial charge in [0.05, 0.1) is 17.1 Å². The summed E-state index contributed by atoms with van der Waals surface area (Å²) in [5.74, 6) is -2.78. The molecule has 0 saturated heterocycles. The molecule has 0 heterocycles. The fourth-order valence-corrected chi connectivity index (χ4v) is 2.89. The molecule has 0 bridgehead atoms. The number of anilines is 1. The molecule has 1 unspecified atom stereocenters. The van der Waals surface area contributed by atoms with Gasteiger partial charge in [-0.05, 0) is 31.2 Å². The van der Waals surface area contributed by atoms with E-state index < -0.39 is 20.5 Å². The molecular weight excluding hydrogens is 324 g/mol. The van der Waals surface area contributed by atoms with Gasteiger partial charge in [-0.15, -0.1) is 0 Å². The summed E-state index contributed by atoms with van der Waals surface area (Å²) in [4.78, 5) is -0.415. The lowest BCUT2D eigenvalue weighted by Crippen LogP contribution is -2.24. The molecule has 2 rings (SSSR count). The topological polar surface area (TPSA) is 55.4 Å². The number of ether oxygens (including phenoxy) is 1. The minimum absolute atomic E-state index is 0.135. The van der Waals surface area contributed by atoms with Crippen molar-refractivity contribution in [3.63, 3.8) is 0 Å². The molecule has 0 spiro atoms. The molecule has 2 aromatic carbocycles. The Hall–Kier alpha value is -2.15. The molecule has 23 heavy (non-hydrogen) atoms. The van der Waals surface area contributed by atoms with Crippen molar-refractivity contribution in [3.05, 3.63) is 54.6 Å². The Bertz CT molecular complexity index is 736. The van der Waals surface area contributed by atoms with Crippen LogP contribution in [-0.2, 0) is 9.84 Å². The molecule has 4 nitrogen and oxygen atoms in total. The van der Waals surface area contributed by atoms with Crippen molar-refractivity contribution >= 4 is 15.5 Å². The van der Waals surface area contributed by atoms with E-state index in [1.54, 1.807) is 25.1 Å². The molecule has 0 aliphatic heterocycles. The van der Waals surface area contributed by atoms with Crippen LogP contribution in [0.15, 0.2) is 59.5 Å². The van der Waals surface area contributed by atoms with Crippen LogP contribution in [-0.4, -0.2) is 26.8 Å². The van der Waals surface area contributed by atoms with Gasteiger partial charge in [0.25, 0.3) is 0 Å². The second-order valence-electron chi connectivity index (χ2n) is 4.92. The number of halogens is 2. The minimum Gasteiger partial charge on any atom is -0.489 e. The zero-order chi connectivity index (χ0) is 16.9. The Morgan fingerprint density at radius 1 is 1.04 bits per heavy atom. The molecule has 0 aliphatic carbocycles. The first kappa shape index (κ1) is 17.2. The normalized spacial score (nSPS) is 12.9. The van der Waals surface area contributed by atoms with Gasteiger partial charge in [0, 0.05) is 0 Å². The minimum atomic E-state index is -4.65. The third kappa shape index (κ3) is 4.41. The first-order chi connectivity index (χ1) is 10.9. The molecule has 1 atom stereocenters. The predicted octanol–water partition coefficient (Wildman–Crippen LogP) is 3.56. The van der Waals surface area contributed by atoms with Crippen LogP contribution < -0.4 is 10.1 Å². The number of hydrogen-bond acceptors (Lipinski definition) is 4. The molecular formula is C16H17F2NO3S. The summed E-state index contributed by atoms with van der Waals surface area (Å²) >= 11 is 0. The maximum Gasteiger partial charge on any atom is 0.341 e. The van der Waals surface area contributed by atoms with Crippen LogP contribution >= 0.6 is 0 Å². The van der Waals surface area contributed by atoms with E-state index in [0.29, 0.717) is 5.75 Å². The van der Waals surface area contributed by atoms with Gasteiger partial charge in [-0.3, -0.25) is 0 Å². The number of nitrogens with one attached hydrogen (secondary N) is 1. The summed E-state index contributed by atoms with van der Waals surface area (Å²) in [5, 5.41) is 2.86. The summed E-state index contributed by atoms with van der Waals surface area (Å²) in [5.41, 5.74) is 0.135. The highest BCUT2D eigenvalue weighted by Crippen LogP contribution is 2.26. The van der Waals surface area contributed by atoms with E-state index >= 15 is 0 Å². The fraction of sp³-hybridized carbons (Fsp3) is 0.250. The van der Waals surface area contributed by atoms with E-state index in [1.165, 1.54) is 12.1 Å². The van der Waals surface area contributed by atoms with Crippen LogP contribution in [0.3, 0.4) is 0 Å². The van der Waals surface area contributed by atoms with E-state index in [4.69, 9.17) is 4.74 Å². The van der Waals surface area contributed by atoms with Gasteiger partial charge in [-0.1, -0.05) is 30.3 Å². The molecule has 0 fully saturated rings. The third-order valence-corrected chi connectivity index (χ3v) is 4.53. The summed E-state index contributed by atoms with van der Waals surface area (Å²) < 4.78 is 54.4. The number of alkyl halides is 2. The molecule has 124 valence electrons. The number of benzene rings is 2. The van der Waals surface area contributed by atoms with Crippen LogP contribution in [0.4, 0.5) is 14.5 Å². The first-order valence-electron chi connectivity index (χ1n) is 6.98. The lowest BCUT2D eigenvalue weighted by Gasteiger charge is -2.17. The molecule has 1 N–H and O–H groups in total. The van der Waals surface area contributed by atoms with Crippen LogP contribution in [0, 0.1) is 0 Å². The van der Waals surface area contributed by atoms with Crippen molar-refractivity contribution in [2.75, 3.05) is 11.9 Å². The Kier molecular flexibility index (Phi) is 5.54. The maximum atomic E-state index is 12.7. The Morgan fingerprint density at radius 3 is 2.30 bits per heavy atom. The predicted molar refractivity (Wildman–Crippen MR) is 84.7 cm³/mol. The highest BCUT2D eigenvalue weighted by atomic mass is 32.2. The van der Waals surface area contributed by atoms with Crippen molar-refractivity contribution < 1.29 is 21.9 Å². The quantitative estimate of drug-likeness (QED) is 0.837. The fourth-order valence-electron chi connectivity index (χ4n) is 1.98. The molecule has 0 saturated carbocycles. The number of para-hydroxylation sites is 2. The van der Waals surface area contributed by atoms with E-state index in [0.717, 1.165) is 6.07 Å². The van der Waals surface area contributed by atoms with Gasteiger partial charge >= 0.3 is 5.76 Å². The van der Waals surface area contributed by atoms with Crippen molar-refractivity contribution in [3.8, 4) is 5.75 Å². The summed E-state index contributed by atoms with van der Waals surface area (Å²) in [6.45, 7) is 2.06. The van der Waals surface area contributed by atoms with Crippen LogP contribution in [0.1, 0.15) is 6.92 Å². The molecule has 0 aromatic heterocycles.